The Morgan fingerprint density at radius 3 is 2.10 bits per heavy atom. The van der Waals surface area contributed by atoms with Crippen molar-refractivity contribution in [3.8, 4) is 17.8 Å². The number of hydrogen-bond acceptors (Lipinski definition) is 8. The van der Waals surface area contributed by atoms with Crippen LogP contribution in [0.1, 0.15) is 48.8 Å². The van der Waals surface area contributed by atoms with E-state index >= 15 is 0 Å². The molecule has 0 bridgehead atoms. The number of amides is 2. The van der Waals surface area contributed by atoms with Crippen molar-refractivity contribution >= 4 is 6.03 Å². The Labute approximate surface area is 285 Å². The number of methoxy groups -OCH3 is 1. The fraction of sp³-hybridized carbons (Fsp3) is 0.528. The van der Waals surface area contributed by atoms with Crippen LogP contribution in [0.3, 0.4) is 0 Å². The largest absolute Gasteiger partial charge is 0.481 e. The van der Waals surface area contributed by atoms with Crippen LogP contribution < -0.4 is 14.2 Å². The summed E-state index contributed by atoms with van der Waals surface area (Å²) in [5, 5.41) is 0. The number of fused-ring (bicyclic) bond motifs is 1. The molecule has 0 spiro atoms. The van der Waals surface area contributed by atoms with Crippen LogP contribution in [0.5, 0.6) is 17.8 Å². The van der Waals surface area contributed by atoms with Gasteiger partial charge in [-0.1, -0.05) is 60.7 Å². The van der Waals surface area contributed by atoms with Gasteiger partial charge >= 0.3 is 18.2 Å². The first-order valence-corrected chi connectivity index (χ1v) is 17.1. The number of alkyl halides is 3. The number of piperidine rings is 1. The third-order valence-corrected chi connectivity index (χ3v) is 9.60. The van der Waals surface area contributed by atoms with Crippen LogP contribution >= 0.6 is 0 Å². The van der Waals surface area contributed by atoms with Gasteiger partial charge in [0.25, 0.3) is 0 Å². The topological polar surface area (TPSA) is 83.5 Å². The predicted octanol–water partition coefficient (Wildman–Crippen LogP) is 5.43. The normalized spacial score (nSPS) is 20.6. The Hall–Kier alpha value is -4.10. The van der Waals surface area contributed by atoms with Crippen LogP contribution in [0.4, 0.5) is 18.0 Å². The molecule has 3 aliphatic heterocycles. The number of nitrogens with zero attached hydrogens (tertiary/aromatic N) is 6. The third-order valence-electron chi connectivity index (χ3n) is 9.60. The molecule has 3 fully saturated rings. The van der Waals surface area contributed by atoms with Crippen molar-refractivity contribution in [3.05, 3.63) is 77.4 Å². The Bertz CT molecular complexity index is 1490. The van der Waals surface area contributed by atoms with E-state index in [0.29, 0.717) is 38.3 Å². The number of piperazine rings is 2. The number of carbonyl (C=O) groups is 1. The molecular weight excluding hydrogens is 637 g/mol. The second-order valence-corrected chi connectivity index (χ2v) is 12.9. The van der Waals surface area contributed by atoms with Gasteiger partial charge in [0, 0.05) is 70.4 Å². The van der Waals surface area contributed by atoms with Crippen molar-refractivity contribution in [1.82, 2.24) is 29.6 Å². The number of hydrogen-bond donors (Lipinski definition) is 0. The first-order valence-electron chi connectivity index (χ1n) is 17.1. The first kappa shape index (κ1) is 34.8. The van der Waals surface area contributed by atoms with Crippen molar-refractivity contribution in [3.63, 3.8) is 0 Å². The van der Waals surface area contributed by atoms with Gasteiger partial charge in [-0.3, -0.25) is 9.80 Å². The quantitative estimate of drug-likeness (QED) is 0.280. The van der Waals surface area contributed by atoms with Crippen molar-refractivity contribution < 1.29 is 32.2 Å². The number of carbonyl (C=O) groups excluding carboxylic acids is 1. The van der Waals surface area contributed by atoms with Gasteiger partial charge in [-0.05, 0) is 37.3 Å². The van der Waals surface area contributed by atoms with E-state index in [1.807, 2.05) is 46.2 Å². The van der Waals surface area contributed by atoms with E-state index in [0.717, 1.165) is 32.4 Å². The molecule has 1 aromatic heterocycles. The van der Waals surface area contributed by atoms with E-state index in [-0.39, 0.29) is 55.0 Å². The molecule has 264 valence electrons. The Kier molecular flexibility index (Phi) is 11.1. The van der Waals surface area contributed by atoms with E-state index in [1.54, 1.807) is 6.92 Å². The highest BCUT2D eigenvalue weighted by atomic mass is 19.4. The summed E-state index contributed by atoms with van der Waals surface area (Å²) < 4.78 is 56.4. The van der Waals surface area contributed by atoms with Gasteiger partial charge in [-0.25, -0.2) is 4.79 Å². The molecule has 0 radical (unpaired) electrons. The highest BCUT2D eigenvalue weighted by Crippen LogP contribution is 2.38. The number of benzene rings is 2. The number of likely N-dealkylation sites (tertiary alicyclic amines) is 1. The number of ether oxygens (including phenoxy) is 3. The van der Waals surface area contributed by atoms with E-state index < -0.39 is 12.8 Å². The maximum absolute atomic E-state index is 13.7. The molecular formula is C36H45F3N6O4. The van der Waals surface area contributed by atoms with Gasteiger partial charge in [-0.2, -0.15) is 23.1 Å². The lowest BCUT2D eigenvalue weighted by molar-refractivity contribution is -0.154. The van der Waals surface area contributed by atoms with Crippen LogP contribution in [0.2, 0.25) is 0 Å². The minimum Gasteiger partial charge on any atom is -0.481 e. The summed E-state index contributed by atoms with van der Waals surface area (Å²) in [6.45, 7) is 5.25. The fourth-order valence-corrected chi connectivity index (χ4v) is 7.47. The molecule has 0 unspecified atom stereocenters. The second kappa shape index (κ2) is 15.6. The Morgan fingerprint density at radius 1 is 0.837 bits per heavy atom. The standard InChI is InChI=1S/C36H45F3N6O4/c1-3-48-34-40-32(47-2)29(33(41-34)49-25-36(37,38)39)23-42-21-28-22-44(35(46)43-17-11-6-12-18-43)19-20-45(28)30(24-42)31(26-13-7-4-8-14-26)27-15-9-5-10-16-27/h4-5,7-10,13-16,28,30-31H,3,6,11-12,17-25H2,1-2H3/t28-,30+/m1/s1. The first-order chi connectivity index (χ1) is 23.7. The summed E-state index contributed by atoms with van der Waals surface area (Å²) in [7, 11) is 1.42. The molecule has 2 amide bonds. The highest BCUT2D eigenvalue weighted by Gasteiger charge is 2.44. The third kappa shape index (κ3) is 8.38. The maximum atomic E-state index is 13.7. The molecule has 10 nitrogen and oxygen atoms in total. The van der Waals surface area contributed by atoms with Gasteiger partial charge < -0.3 is 24.0 Å². The zero-order chi connectivity index (χ0) is 34.4. The fourth-order valence-electron chi connectivity index (χ4n) is 7.47. The molecule has 6 rings (SSSR count). The molecule has 3 saturated heterocycles. The molecule has 0 aliphatic carbocycles. The average molecular weight is 683 g/mol. The van der Waals surface area contributed by atoms with Gasteiger partial charge in [-0.15, -0.1) is 0 Å². The molecule has 3 aliphatic rings. The van der Waals surface area contributed by atoms with Gasteiger partial charge in [0.15, 0.2) is 6.61 Å². The lowest BCUT2D eigenvalue weighted by Crippen LogP contribution is -2.68. The van der Waals surface area contributed by atoms with Gasteiger partial charge in [0.2, 0.25) is 11.8 Å². The van der Waals surface area contributed by atoms with Gasteiger partial charge in [0.05, 0.1) is 19.3 Å². The van der Waals surface area contributed by atoms with Crippen LogP contribution in [-0.2, 0) is 6.54 Å². The molecule has 3 aromatic rings. The number of urea groups is 1. The molecule has 4 heterocycles. The number of rotatable bonds is 10. The SMILES string of the molecule is CCOc1nc(OC)c(CN2C[C@@H]3CN(C(=O)N4CCCCC4)CCN3[C@H](C(c3ccccc3)c3ccccc3)C2)c(OCC(F)(F)F)n1. The minimum atomic E-state index is -4.57. The summed E-state index contributed by atoms with van der Waals surface area (Å²) in [5.74, 6) is -0.126. The monoisotopic (exact) mass is 682 g/mol. The zero-order valence-corrected chi connectivity index (χ0v) is 28.1. The second-order valence-electron chi connectivity index (χ2n) is 12.9. The summed E-state index contributed by atoms with van der Waals surface area (Å²) in [4.78, 5) is 31.0. The molecule has 2 aromatic carbocycles. The summed E-state index contributed by atoms with van der Waals surface area (Å²) >= 11 is 0. The van der Waals surface area contributed by atoms with E-state index in [1.165, 1.54) is 18.2 Å². The van der Waals surface area contributed by atoms with E-state index in [4.69, 9.17) is 14.2 Å². The lowest BCUT2D eigenvalue weighted by atomic mass is 9.81. The van der Waals surface area contributed by atoms with Crippen LogP contribution in [0, 0.1) is 0 Å². The molecule has 2 atom stereocenters. The molecule has 0 saturated carbocycles. The minimum absolute atomic E-state index is 0.00327. The van der Waals surface area contributed by atoms with E-state index in [2.05, 4.69) is 44.0 Å². The van der Waals surface area contributed by atoms with Crippen molar-refractivity contribution in [2.75, 3.05) is 66.1 Å². The smallest absolute Gasteiger partial charge is 0.422 e. The summed E-state index contributed by atoms with van der Waals surface area (Å²) in [6.07, 6.45) is -1.38. The number of halogens is 3. The van der Waals surface area contributed by atoms with Crippen molar-refractivity contribution in [1.29, 1.82) is 0 Å². The molecule has 13 heteroatoms. The highest BCUT2D eigenvalue weighted by molar-refractivity contribution is 5.74. The van der Waals surface area contributed by atoms with Crippen LogP contribution in [0.15, 0.2) is 60.7 Å². The predicted molar refractivity (Wildman–Crippen MR) is 178 cm³/mol. The van der Waals surface area contributed by atoms with Crippen LogP contribution in [0.25, 0.3) is 0 Å². The van der Waals surface area contributed by atoms with E-state index in [9.17, 15) is 18.0 Å². The average Bonchev–Trinajstić information content (AvgIpc) is 3.12. The van der Waals surface area contributed by atoms with Crippen LogP contribution in [-0.4, -0.2) is 120 Å². The zero-order valence-electron chi connectivity index (χ0n) is 28.1. The summed E-state index contributed by atoms with van der Waals surface area (Å²) in [5.41, 5.74) is 2.65. The van der Waals surface area contributed by atoms with Crippen molar-refractivity contribution in [2.24, 2.45) is 0 Å². The molecule has 0 N–H and O–H groups in total. The number of aromatic nitrogens is 2. The summed E-state index contributed by atoms with van der Waals surface area (Å²) in [6, 6.07) is 20.7. The van der Waals surface area contributed by atoms with Gasteiger partial charge in [0.1, 0.15) is 0 Å². The maximum Gasteiger partial charge on any atom is 0.422 e. The molecule has 49 heavy (non-hydrogen) atoms. The Balaban J connectivity index is 1.36. The van der Waals surface area contributed by atoms with Crippen molar-refractivity contribution in [2.45, 2.75) is 56.9 Å². The Morgan fingerprint density at radius 2 is 1.49 bits per heavy atom. The lowest BCUT2D eigenvalue weighted by Gasteiger charge is -2.54.